The molecule has 1 aliphatic carbocycles. The van der Waals surface area contributed by atoms with Crippen LogP contribution in [0.25, 0.3) is 0 Å². The third-order valence-corrected chi connectivity index (χ3v) is 4.27. The summed E-state index contributed by atoms with van der Waals surface area (Å²) >= 11 is 0. The summed E-state index contributed by atoms with van der Waals surface area (Å²) in [4.78, 5) is 0. The van der Waals surface area contributed by atoms with Crippen LogP contribution in [0.1, 0.15) is 47.5 Å². The second-order valence-electron chi connectivity index (χ2n) is 4.71. The molecule has 1 fully saturated rings. The van der Waals surface area contributed by atoms with Crippen LogP contribution in [0, 0.1) is 23.2 Å². The average Bonchev–Trinajstić information content (AvgIpc) is 1.98. The molecule has 0 spiro atoms. The summed E-state index contributed by atoms with van der Waals surface area (Å²) in [5.41, 5.74) is 0.694. The molecule has 1 saturated carbocycles. The highest BCUT2D eigenvalue weighted by molar-refractivity contribution is 4.98. The predicted octanol–water partition coefficient (Wildman–Crippen LogP) is 3.71. The highest BCUT2D eigenvalue weighted by atomic mass is 14.5. The molecule has 0 nitrogen and oxygen atoms in total. The van der Waals surface area contributed by atoms with Gasteiger partial charge in [0.1, 0.15) is 0 Å². The van der Waals surface area contributed by atoms with Crippen molar-refractivity contribution in [1.29, 1.82) is 0 Å². The zero-order valence-corrected chi connectivity index (χ0v) is 8.65. The van der Waals surface area contributed by atoms with E-state index in [1.165, 1.54) is 12.8 Å². The Kier molecular flexibility index (Phi) is 2.32. The maximum absolute atomic E-state index is 2.43. The molecule has 0 aromatic rings. The lowest BCUT2D eigenvalue weighted by Crippen LogP contribution is -2.48. The molecule has 0 radical (unpaired) electrons. The molecule has 0 N–H and O–H groups in total. The van der Waals surface area contributed by atoms with Crippen LogP contribution in [0.4, 0.5) is 0 Å². The van der Waals surface area contributed by atoms with E-state index in [9.17, 15) is 0 Å². The van der Waals surface area contributed by atoms with Crippen LogP contribution in [-0.4, -0.2) is 0 Å². The molecule has 3 atom stereocenters. The molecule has 1 aliphatic rings. The van der Waals surface area contributed by atoms with Gasteiger partial charge in [-0.25, -0.2) is 0 Å². The SMILES string of the molecule is CCC1(C(C)C)CC(C)C1C. The van der Waals surface area contributed by atoms with E-state index in [2.05, 4.69) is 34.6 Å². The first-order chi connectivity index (χ1) is 5.04. The molecule has 66 valence electrons. The predicted molar refractivity (Wildman–Crippen MR) is 50.5 cm³/mol. The lowest BCUT2D eigenvalue weighted by atomic mass is 9.49. The second kappa shape index (κ2) is 2.80. The number of hydrogen-bond donors (Lipinski definition) is 0. The summed E-state index contributed by atoms with van der Waals surface area (Å²) in [6.07, 6.45) is 2.83. The fraction of sp³-hybridized carbons (Fsp3) is 1.00. The molecule has 0 amide bonds. The fourth-order valence-electron chi connectivity index (χ4n) is 3.00. The summed E-state index contributed by atoms with van der Waals surface area (Å²) in [6, 6.07) is 0. The summed E-state index contributed by atoms with van der Waals surface area (Å²) < 4.78 is 0. The van der Waals surface area contributed by atoms with Gasteiger partial charge in [0, 0.05) is 0 Å². The van der Waals surface area contributed by atoms with Crippen LogP contribution in [0.15, 0.2) is 0 Å². The molecule has 1 rings (SSSR count). The van der Waals surface area contributed by atoms with Crippen molar-refractivity contribution >= 4 is 0 Å². The molecule has 11 heavy (non-hydrogen) atoms. The van der Waals surface area contributed by atoms with Gasteiger partial charge in [-0.2, -0.15) is 0 Å². The Morgan fingerprint density at radius 3 is 2.00 bits per heavy atom. The van der Waals surface area contributed by atoms with Gasteiger partial charge in [-0.1, -0.05) is 34.6 Å². The van der Waals surface area contributed by atoms with Crippen LogP contribution in [0.2, 0.25) is 0 Å². The molecule has 0 heterocycles. The molecule has 0 bridgehead atoms. The number of hydrogen-bond acceptors (Lipinski definition) is 0. The molecular formula is C11H22. The zero-order chi connectivity index (χ0) is 8.65. The first-order valence-electron chi connectivity index (χ1n) is 5.04. The van der Waals surface area contributed by atoms with Crippen molar-refractivity contribution in [3.63, 3.8) is 0 Å². The van der Waals surface area contributed by atoms with Crippen LogP contribution >= 0.6 is 0 Å². The van der Waals surface area contributed by atoms with Gasteiger partial charge in [-0.05, 0) is 36.0 Å². The van der Waals surface area contributed by atoms with Gasteiger partial charge in [0.25, 0.3) is 0 Å². The van der Waals surface area contributed by atoms with Crippen LogP contribution in [-0.2, 0) is 0 Å². The normalized spacial score (nSPS) is 44.2. The van der Waals surface area contributed by atoms with Crippen molar-refractivity contribution in [1.82, 2.24) is 0 Å². The van der Waals surface area contributed by atoms with Crippen molar-refractivity contribution in [2.24, 2.45) is 23.2 Å². The zero-order valence-electron chi connectivity index (χ0n) is 8.65. The molecule has 0 aromatic carbocycles. The van der Waals surface area contributed by atoms with E-state index in [-0.39, 0.29) is 0 Å². The van der Waals surface area contributed by atoms with Gasteiger partial charge in [0.2, 0.25) is 0 Å². The van der Waals surface area contributed by atoms with Gasteiger partial charge in [0.05, 0.1) is 0 Å². The molecular weight excluding hydrogens is 132 g/mol. The first-order valence-corrected chi connectivity index (χ1v) is 5.04. The first kappa shape index (κ1) is 9.09. The maximum Gasteiger partial charge on any atom is -0.0246 e. The Bertz CT molecular complexity index is 137. The van der Waals surface area contributed by atoms with E-state index < -0.39 is 0 Å². The Hall–Kier alpha value is 0. The smallest absolute Gasteiger partial charge is 0.0246 e. The molecule has 0 aromatic heterocycles. The van der Waals surface area contributed by atoms with Crippen molar-refractivity contribution in [2.75, 3.05) is 0 Å². The van der Waals surface area contributed by atoms with Crippen molar-refractivity contribution in [2.45, 2.75) is 47.5 Å². The van der Waals surface area contributed by atoms with Crippen LogP contribution in [0.3, 0.4) is 0 Å². The highest BCUT2D eigenvalue weighted by Gasteiger charge is 2.49. The largest absolute Gasteiger partial charge is 0.0648 e. The van der Waals surface area contributed by atoms with Crippen molar-refractivity contribution < 1.29 is 0 Å². The van der Waals surface area contributed by atoms with Gasteiger partial charge >= 0.3 is 0 Å². The van der Waals surface area contributed by atoms with E-state index in [1.807, 2.05) is 0 Å². The van der Waals surface area contributed by atoms with Crippen LogP contribution < -0.4 is 0 Å². The lowest BCUT2D eigenvalue weighted by Gasteiger charge is -2.56. The van der Waals surface area contributed by atoms with E-state index in [1.54, 1.807) is 0 Å². The monoisotopic (exact) mass is 154 g/mol. The summed E-state index contributed by atoms with van der Waals surface area (Å²) in [5, 5.41) is 0. The Balaban J connectivity index is 2.65. The third kappa shape index (κ3) is 1.11. The second-order valence-corrected chi connectivity index (χ2v) is 4.71. The minimum Gasteiger partial charge on any atom is -0.0648 e. The van der Waals surface area contributed by atoms with Gasteiger partial charge < -0.3 is 0 Å². The molecule has 0 heteroatoms. The highest BCUT2D eigenvalue weighted by Crippen LogP contribution is 2.57. The Morgan fingerprint density at radius 1 is 1.36 bits per heavy atom. The topological polar surface area (TPSA) is 0 Å². The molecule has 0 saturated heterocycles. The van der Waals surface area contributed by atoms with E-state index in [0.29, 0.717) is 5.41 Å². The van der Waals surface area contributed by atoms with E-state index in [0.717, 1.165) is 17.8 Å². The number of rotatable bonds is 2. The third-order valence-electron chi connectivity index (χ3n) is 4.27. The summed E-state index contributed by atoms with van der Waals surface area (Å²) in [5.74, 6) is 2.79. The standard InChI is InChI=1S/C11H22/c1-6-11(8(2)3)7-9(4)10(11)5/h8-10H,6-7H2,1-5H3. The Morgan fingerprint density at radius 2 is 1.91 bits per heavy atom. The maximum atomic E-state index is 2.43. The van der Waals surface area contributed by atoms with Gasteiger partial charge in [-0.3, -0.25) is 0 Å². The molecule has 0 aliphatic heterocycles. The van der Waals surface area contributed by atoms with Gasteiger partial charge in [-0.15, -0.1) is 0 Å². The van der Waals surface area contributed by atoms with E-state index in [4.69, 9.17) is 0 Å². The molecule has 3 unspecified atom stereocenters. The van der Waals surface area contributed by atoms with Crippen molar-refractivity contribution in [3.8, 4) is 0 Å². The summed E-state index contributed by atoms with van der Waals surface area (Å²) in [7, 11) is 0. The average molecular weight is 154 g/mol. The minimum absolute atomic E-state index is 0.694. The van der Waals surface area contributed by atoms with E-state index >= 15 is 0 Å². The minimum atomic E-state index is 0.694. The quantitative estimate of drug-likeness (QED) is 0.568. The van der Waals surface area contributed by atoms with Gasteiger partial charge in [0.15, 0.2) is 0 Å². The fourth-order valence-corrected chi connectivity index (χ4v) is 3.00. The summed E-state index contributed by atoms with van der Waals surface area (Å²) in [6.45, 7) is 11.9. The lowest BCUT2D eigenvalue weighted by molar-refractivity contribution is -0.0651. The Labute approximate surface area is 71.4 Å². The van der Waals surface area contributed by atoms with Crippen LogP contribution in [0.5, 0.6) is 0 Å². The van der Waals surface area contributed by atoms with Crippen molar-refractivity contribution in [3.05, 3.63) is 0 Å².